The second-order valence-corrected chi connectivity index (χ2v) is 5.68. The smallest absolute Gasteiger partial charge is 0.140 e. The van der Waals surface area contributed by atoms with Gasteiger partial charge < -0.3 is 10.1 Å². The van der Waals surface area contributed by atoms with Crippen LogP contribution in [0.2, 0.25) is 5.02 Å². The highest BCUT2D eigenvalue weighted by molar-refractivity contribution is 6.31. The van der Waals surface area contributed by atoms with Crippen molar-refractivity contribution in [1.29, 1.82) is 0 Å². The molecule has 21 heavy (non-hydrogen) atoms. The Hall–Kier alpha value is -1.59. The number of methoxy groups -OCH3 is 1. The van der Waals surface area contributed by atoms with Crippen LogP contribution in [-0.4, -0.2) is 21.9 Å². The molecule has 0 saturated heterocycles. The van der Waals surface area contributed by atoms with Gasteiger partial charge in [0.2, 0.25) is 0 Å². The van der Waals surface area contributed by atoms with Crippen LogP contribution in [0, 0.1) is 5.92 Å². The first-order valence-electron chi connectivity index (χ1n) is 7.00. The Morgan fingerprint density at radius 3 is 2.86 bits per heavy atom. The molecule has 0 bridgehead atoms. The monoisotopic (exact) mass is 308 g/mol. The van der Waals surface area contributed by atoms with Crippen LogP contribution < -0.4 is 10.1 Å². The molecule has 1 aromatic carbocycles. The topological polar surface area (TPSA) is 52.0 Å². The predicted molar refractivity (Wildman–Crippen MR) is 83.4 cm³/mol. The molecule has 1 heterocycles. The van der Waals surface area contributed by atoms with Crippen LogP contribution in [-0.2, 0) is 19.6 Å². The molecule has 6 heteroatoms. The first-order valence-corrected chi connectivity index (χ1v) is 7.38. The summed E-state index contributed by atoms with van der Waals surface area (Å²) in [5.41, 5.74) is 0.955. The normalized spacial score (nSPS) is 11.1. The molecule has 0 aliphatic rings. The summed E-state index contributed by atoms with van der Waals surface area (Å²) in [7, 11) is 1.65. The molecule has 0 aliphatic heterocycles. The summed E-state index contributed by atoms with van der Waals surface area (Å²) in [4.78, 5) is 4.29. The first kappa shape index (κ1) is 15.8. The highest BCUT2D eigenvalue weighted by atomic mass is 35.5. The zero-order valence-electron chi connectivity index (χ0n) is 12.6. The van der Waals surface area contributed by atoms with Gasteiger partial charge in [-0.15, -0.1) is 0 Å². The summed E-state index contributed by atoms with van der Waals surface area (Å²) >= 11 is 6.22. The van der Waals surface area contributed by atoms with Crippen molar-refractivity contribution >= 4 is 11.6 Å². The average Bonchev–Trinajstić information content (AvgIpc) is 2.87. The summed E-state index contributed by atoms with van der Waals surface area (Å²) in [5.74, 6) is 2.25. The van der Waals surface area contributed by atoms with Gasteiger partial charge in [-0.2, -0.15) is 5.10 Å². The summed E-state index contributed by atoms with van der Waals surface area (Å²) in [6.07, 6.45) is 1.59. The third-order valence-corrected chi connectivity index (χ3v) is 3.47. The van der Waals surface area contributed by atoms with Gasteiger partial charge in [0, 0.05) is 23.7 Å². The number of halogens is 1. The Morgan fingerprint density at radius 1 is 1.33 bits per heavy atom. The van der Waals surface area contributed by atoms with Gasteiger partial charge in [0.1, 0.15) is 17.9 Å². The number of hydrogen-bond donors (Lipinski definition) is 1. The molecular formula is C15H21ClN4O. The van der Waals surface area contributed by atoms with Crippen molar-refractivity contribution < 1.29 is 4.74 Å². The van der Waals surface area contributed by atoms with E-state index >= 15 is 0 Å². The molecule has 0 saturated carbocycles. The van der Waals surface area contributed by atoms with E-state index in [1.807, 2.05) is 22.9 Å². The number of rotatable bonds is 7. The second-order valence-electron chi connectivity index (χ2n) is 5.28. The molecule has 0 spiro atoms. The maximum atomic E-state index is 6.22. The van der Waals surface area contributed by atoms with Crippen molar-refractivity contribution in [2.45, 2.75) is 33.5 Å². The van der Waals surface area contributed by atoms with Crippen molar-refractivity contribution in [3.8, 4) is 5.75 Å². The molecule has 5 nitrogen and oxygen atoms in total. The van der Waals surface area contributed by atoms with Gasteiger partial charge in [-0.25, -0.2) is 9.67 Å². The maximum absolute atomic E-state index is 6.22. The molecular weight excluding hydrogens is 288 g/mol. The average molecular weight is 309 g/mol. The van der Waals surface area contributed by atoms with E-state index in [1.54, 1.807) is 13.4 Å². The van der Waals surface area contributed by atoms with Crippen LogP contribution in [0.3, 0.4) is 0 Å². The summed E-state index contributed by atoms with van der Waals surface area (Å²) in [5, 5.41) is 8.29. The lowest BCUT2D eigenvalue weighted by Crippen LogP contribution is -2.19. The maximum Gasteiger partial charge on any atom is 0.140 e. The third kappa shape index (κ3) is 4.19. The highest BCUT2D eigenvalue weighted by Gasteiger charge is 2.09. The van der Waals surface area contributed by atoms with Crippen LogP contribution >= 0.6 is 11.6 Å². The van der Waals surface area contributed by atoms with E-state index in [-0.39, 0.29) is 0 Å². The van der Waals surface area contributed by atoms with E-state index in [0.717, 1.165) is 23.7 Å². The zero-order chi connectivity index (χ0) is 15.2. The van der Waals surface area contributed by atoms with Gasteiger partial charge in [-0.3, -0.25) is 0 Å². The van der Waals surface area contributed by atoms with Crippen LogP contribution in [0.5, 0.6) is 5.75 Å². The molecule has 114 valence electrons. The van der Waals surface area contributed by atoms with E-state index < -0.39 is 0 Å². The van der Waals surface area contributed by atoms with Crippen LogP contribution in [0.15, 0.2) is 24.5 Å². The Morgan fingerprint density at radius 2 is 2.14 bits per heavy atom. The van der Waals surface area contributed by atoms with Gasteiger partial charge in [0.15, 0.2) is 0 Å². The van der Waals surface area contributed by atoms with E-state index in [2.05, 4.69) is 29.2 Å². The lowest BCUT2D eigenvalue weighted by molar-refractivity contribution is 0.407. The summed E-state index contributed by atoms with van der Waals surface area (Å²) < 4.78 is 7.26. The van der Waals surface area contributed by atoms with E-state index in [0.29, 0.717) is 24.0 Å². The van der Waals surface area contributed by atoms with Gasteiger partial charge in [0.25, 0.3) is 0 Å². The fourth-order valence-corrected chi connectivity index (χ4v) is 2.36. The molecule has 1 aromatic heterocycles. The SMILES string of the molecule is COc1cccc(Cl)c1CNCc1ncnn1CC(C)C. The minimum absolute atomic E-state index is 0.536. The third-order valence-electron chi connectivity index (χ3n) is 3.11. The predicted octanol–water partition coefficient (Wildman–Crippen LogP) is 2.89. The van der Waals surface area contributed by atoms with E-state index in [9.17, 15) is 0 Å². The van der Waals surface area contributed by atoms with Gasteiger partial charge in [-0.1, -0.05) is 31.5 Å². The quantitative estimate of drug-likeness (QED) is 0.854. The Labute approximate surface area is 130 Å². The Bertz CT molecular complexity index is 583. The van der Waals surface area contributed by atoms with Gasteiger partial charge in [0.05, 0.1) is 13.7 Å². The van der Waals surface area contributed by atoms with Crippen LogP contribution in [0.4, 0.5) is 0 Å². The number of hydrogen-bond acceptors (Lipinski definition) is 4. The molecule has 1 N–H and O–H groups in total. The summed E-state index contributed by atoms with van der Waals surface area (Å²) in [6.45, 7) is 6.45. The minimum Gasteiger partial charge on any atom is -0.496 e. The van der Waals surface area contributed by atoms with Crippen molar-refractivity contribution in [3.05, 3.63) is 40.9 Å². The van der Waals surface area contributed by atoms with Crippen molar-refractivity contribution in [2.24, 2.45) is 5.92 Å². The molecule has 0 unspecified atom stereocenters. The number of nitrogens with one attached hydrogen (secondary N) is 1. The Kier molecular flexibility index (Phi) is 5.59. The first-order chi connectivity index (χ1) is 10.1. The molecule has 0 amide bonds. The summed E-state index contributed by atoms with van der Waals surface area (Å²) in [6, 6.07) is 5.65. The number of nitrogens with zero attached hydrogens (tertiary/aromatic N) is 3. The largest absolute Gasteiger partial charge is 0.496 e. The van der Waals surface area contributed by atoms with Crippen molar-refractivity contribution in [2.75, 3.05) is 7.11 Å². The molecule has 0 fully saturated rings. The number of benzene rings is 1. The van der Waals surface area contributed by atoms with E-state index in [1.165, 1.54) is 0 Å². The zero-order valence-corrected chi connectivity index (χ0v) is 13.4. The standard InChI is InChI=1S/C15H21ClN4O/c1-11(2)9-20-15(18-10-19-20)8-17-7-12-13(16)5-4-6-14(12)21-3/h4-6,10-11,17H,7-9H2,1-3H3. The number of aromatic nitrogens is 3. The minimum atomic E-state index is 0.536. The molecule has 0 radical (unpaired) electrons. The van der Waals surface area contributed by atoms with Gasteiger partial charge >= 0.3 is 0 Å². The van der Waals surface area contributed by atoms with E-state index in [4.69, 9.17) is 16.3 Å². The lowest BCUT2D eigenvalue weighted by atomic mass is 10.2. The highest BCUT2D eigenvalue weighted by Crippen LogP contribution is 2.25. The van der Waals surface area contributed by atoms with Crippen LogP contribution in [0.1, 0.15) is 25.2 Å². The van der Waals surface area contributed by atoms with Crippen LogP contribution in [0.25, 0.3) is 0 Å². The molecule has 2 aromatic rings. The second kappa shape index (κ2) is 7.43. The van der Waals surface area contributed by atoms with Crippen molar-refractivity contribution in [3.63, 3.8) is 0 Å². The number of ether oxygens (including phenoxy) is 1. The lowest BCUT2D eigenvalue weighted by Gasteiger charge is -2.12. The molecule has 2 rings (SSSR count). The fraction of sp³-hybridized carbons (Fsp3) is 0.467. The fourth-order valence-electron chi connectivity index (χ4n) is 2.12. The Balaban J connectivity index is 1.98. The van der Waals surface area contributed by atoms with Gasteiger partial charge in [-0.05, 0) is 18.1 Å². The molecule has 0 aliphatic carbocycles. The molecule has 0 atom stereocenters. The van der Waals surface area contributed by atoms with Crippen molar-refractivity contribution in [1.82, 2.24) is 20.1 Å².